The van der Waals surface area contributed by atoms with E-state index in [9.17, 15) is 4.79 Å². The lowest BCUT2D eigenvalue weighted by Gasteiger charge is -1.88. The maximum absolute atomic E-state index is 10.9. The van der Waals surface area contributed by atoms with Crippen LogP contribution in [0.5, 0.6) is 0 Å². The zero-order chi connectivity index (χ0) is 7.68. The maximum Gasteiger partial charge on any atom is 0.282 e. The van der Waals surface area contributed by atoms with Crippen molar-refractivity contribution in [3.8, 4) is 0 Å². The minimum absolute atomic E-state index is 0.299. The lowest BCUT2D eigenvalue weighted by molar-refractivity contribution is -0.112. The fraction of sp³-hybridized carbons (Fsp3) is 0. The zero-order valence-electron chi connectivity index (χ0n) is 5.52. The quantitative estimate of drug-likeness (QED) is 0.588. The summed E-state index contributed by atoms with van der Waals surface area (Å²) in [7, 11) is 0. The summed E-state index contributed by atoms with van der Waals surface area (Å²) < 4.78 is 4.91. The molecule has 4 nitrogen and oxygen atoms in total. The number of nitrogens with zero attached hydrogens (tertiary/aromatic N) is 2. The summed E-state index contributed by atoms with van der Waals surface area (Å²) in [5.41, 5.74) is 0.412. The highest BCUT2D eigenvalue weighted by Crippen LogP contribution is 2.15. The lowest BCUT2D eigenvalue weighted by Crippen LogP contribution is -1.92. The van der Waals surface area contributed by atoms with Crippen molar-refractivity contribution in [2.45, 2.75) is 0 Å². The molecule has 2 rings (SSSR count). The average Bonchev–Trinajstić information content (AvgIpc) is 2.55. The van der Waals surface area contributed by atoms with Crippen LogP contribution in [0.4, 0.5) is 0 Å². The highest BCUT2D eigenvalue weighted by molar-refractivity contribution is 6.27. The van der Waals surface area contributed by atoms with Gasteiger partial charge < -0.3 is 4.42 Å². The molecule has 54 valence electrons. The van der Waals surface area contributed by atoms with Crippen molar-refractivity contribution in [3.05, 3.63) is 24.4 Å². The summed E-state index contributed by atoms with van der Waals surface area (Å²) in [6, 6.07) is 0. The molecule has 1 aliphatic rings. The highest BCUT2D eigenvalue weighted by atomic mass is 16.3. The smallest absolute Gasteiger partial charge is 0.282 e. The SMILES string of the molecule is O=C1N=CC=C1c1ncco1. The molecule has 0 N–H and O–H groups in total. The number of carbonyl (C=O) groups excluding carboxylic acids is 1. The van der Waals surface area contributed by atoms with Gasteiger partial charge in [-0.2, -0.15) is 0 Å². The van der Waals surface area contributed by atoms with E-state index in [0.29, 0.717) is 11.5 Å². The van der Waals surface area contributed by atoms with Gasteiger partial charge >= 0.3 is 0 Å². The van der Waals surface area contributed by atoms with Crippen LogP contribution in [0.15, 0.2) is 27.9 Å². The molecular formula is C7H4N2O2. The van der Waals surface area contributed by atoms with Crippen LogP contribution in [-0.2, 0) is 4.79 Å². The Morgan fingerprint density at radius 3 is 2.91 bits per heavy atom. The number of oxazole rings is 1. The van der Waals surface area contributed by atoms with Crippen LogP contribution < -0.4 is 0 Å². The molecule has 11 heavy (non-hydrogen) atoms. The van der Waals surface area contributed by atoms with Crippen LogP contribution in [0, 0.1) is 0 Å². The number of rotatable bonds is 1. The van der Waals surface area contributed by atoms with Gasteiger partial charge in [0, 0.05) is 6.21 Å². The molecule has 1 aromatic rings. The number of amides is 1. The van der Waals surface area contributed by atoms with Gasteiger partial charge in [0.25, 0.3) is 5.91 Å². The molecule has 0 atom stereocenters. The zero-order valence-corrected chi connectivity index (χ0v) is 5.52. The van der Waals surface area contributed by atoms with E-state index in [2.05, 4.69) is 9.98 Å². The number of hydrogen-bond donors (Lipinski definition) is 0. The van der Waals surface area contributed by atoms with Crippen LogP contribution in [0.2, 0.25) is 0 Å². The molecule has 4 heteroatoms. The summed E-state index contributed by atoms with van der Waals surface area (Å²) in [5.74, 6) is 0.0277. The van der Waals surface area contributed by atoms with Crippen LogP contribution in [0.3, 0.4) is 0 Å². The Hall–Kier alpha value is -1.71. The van der Waals surface area contributed by atoms with Gasteiger partial charge in [-0.3, -0.25) is 4.79 Å². The van der Waals surface area contributed by atoms with Gasteiger partial charge in [-0.15, -0.1) is 0 Å². The normalized spacial score (nSPS) is 15.6. The van der Waals surface area contributed by atoms with Crippen LogP contribution in [-0.4, -0.2) is 17.1 Å². The Bertz CT molecular complexity index is 335. The molecule has 0 unspecified atom stereocenters. The van der Waals surface area contributed by atoms with E-state index < -0.39 is 0 Å². The topological polar surface area (TPSA) is 55.5 Å². The van der Waals surface area contributed by atoms with Crippen molar-refractivity contribution in [1.29, 1.82) is 0 Å². The summed E-state index contributed by atoms with van der Waals surface area (Å²) >= 11 is 0. The van der Waals surface area contributed by atoms with E-state index in [1.807, 2.05) is 0 Å². The first kappa shape index (κ1) is 6.03. The van der Waals surface area contributed by atoms with Gasteiger partial charge in [-0.25, -0.2) is 9.98 Å². The second-order valence-electron chi connectivity index (χ2n) is 2.00. The third-order valence-electron chi connectivity index (χ3n) is 1.33. The average molecular weight is 148 g/mol. The van der Waals surface area contributed by atoms with E-state index in [4.69, 9.17) is 4.42 Å². The van der Waals surface area contributed by atoms with Gasteiger partial charge in [0.15, 0.2) is 0 Å². The van der Waals surface area contributed by atoms with Gasteiger partial charge in [0.2, 0.25) is 5.89 Å². The maximum atomic E-state index is 10.9. The monoisotopic (exact) mass is 148 g/mol. The first-order chi connectivity index (χ1) is 5.38. The molecule has 0 aromatic carbocycles. The van der Waals surface area contributed by atoms with Crippen LogP contribution in [0.25, 0.3) is 5.57 Å². The lowest BCUT2D eigenvalue weighted by atomic mass is 10.3. The first-order valence-corrected chi connectivity index (χ1v) is 3.06. The molecule has 0 saturated carbocycles. The molecule has 0 fully saturated rings. The minimum Gasteiger partial charge on any atom is -0.444 e. The Morgan fingerprint density at radius 1 is 1.45 bits per heavy atom. The van der Waals surface area contributed by atoms with Crippen molar-refractivity contribution in [2.24, 2.45) is 4.99 Å². The Kier molecular flexibility index (Phi) is 1.18. The van der Waals surface area contributed by atoms with Crippen molar-refractivity contribution >= 4 is 17.7 Å². The van der Waals surface area contributed by atoms with E-state index in [-0.39, 0.29) is 5.91 Å². The molecule has 0 spiro atoms. The fourth-order valence-corrected chi connectivity index (χ4v) is 0.840. The van der Waals surface area contributed by atoms with E-state index in [1.165, 1.54) is 18.7 Å². The van der Waals surface area contributed by atoms with E-state index in [0.717, 1.165) is 0 Å². The number of hydrogen-bond acceptors (Lipinski definition) is 3. The van der Waals surface area contributed by atoms with Gasteiger partial charge in [0.1, 0.15) is 11.8 Å². The van der Waals surface area contributed by atoms with Crippen molar-refractivity contribution in [1.82, 2.24) is 4.98 Å². The number of carbonyl (C=O) groups is 1. The molecule has 1 aliphatic heterocycles. The van der Waals surface area contributed by atoms with Crippen molar-refractivity contribution in [2.75, 3.05) is 0 Å². The molecule has 1 amide bonds. The molecule has 0 saturated heterocycles. The minimum atomic E-state index is -0.299. The molecule has 0 bridgehead atoms. The third kappa shape index (κ3) is 0.881. The predicted octanol–water partition coefficient (Wildman–Crippen LogP) is 0.669. The van der Waals surface area contributed by atoms with Gasteiger partial charge in [-0.1, -0.05) is 0 Å². The largest absolute Gasteiger partial charge is 0.444 e. The van der Waals surface area contributed by atoms with Crippen LogP contribution >= 0.6 is 0 Å². The molecule has 1 aromatic heterocycles. The van der Waals surface area contributed by atoms with Crippen molar-refractivity contribution < 1.29 is 9.21 Å². The summed E-state index contributed by atoms with van der Waals surface area (Å²) in [5, 5.41) is 0. The Balaban J connectivity index is 2.40. The summed E-state index contributed by atoms with van der Waals surface area (Å²) in [6.07, 6.45) is 5.92. The second-order valence-corrected chi connectivity index (χ2v) is 2.00. The molecule has 0 aliphatic carbocycles. The van der Waals surface area contributed by atoms with Gasteiger partial charge in [0.05, 0.1) is 6.20 Å². The molecular weight excluding hydrogens is 144 g/mol. The molecule has 2 heterocycles. The Labute approximate surface area is 62.3 Å². The van der Waals surface area contributed by atoms with E-state index >= 15 is 0 Å². The number of aliphatic imine (C=N–C) groups is 1. The summed E-state index contributed by atoms with van der Waals surface area (Å²) in [4.78, 5) is 18.2. The van der Waals surface area contributed by atoms with Crippen LogP contribution in [0.1, 0.15) is 5.89 Å². The number of allylic oxidation sites excluding steroid dienone is 1. The number of aromatic nitrogens is 1. The second kappa shape index (κ2) is 2.16. The fourth-order valence-electron chi connectivity index (χ4n) is 0.840. The third-order valence-corrected chi connectivity index (χ3v) is 1.33. The first-order valence-electron chi connectivity index (χ1n) is 3.06. The standard InChI is InChI=1S/C7H4N2O2/c10-6-5(1-2-8-6)7-9-3-4-11-7/h1-4H. The predicted molar refractivity (Wildman–Crippen MR) is 38.0 cm³/mol. The Morgan fingerprint density at radius 2 is 2.36 bits per heavy atom. The highest BCUT2D eigenvalue weighted by Gasteiger charge is 2.17. The van der Waals surface area contributed by atoms with Crippen molar-refractivity contribution in [3.63, 3.8) is 0 Å². The van der Waals surface area contributed by atoms with E-state index in [1.54, 1.807) is 6.08 Å². The molecule has 0 radical (unpaired) electrons. The van der Waals surface area contributed by atoms with Gasteiger partial charge in [-0.05, 0) is 6.08 Å². The summed E-state index contributed by atoms with van der Waals surface area (Å²) in [6.45, 7) is 0.